The molecule has 6 heteroatoms. The second-order valence-electron chi connectivity index (χ2n) is 3.85. The van der Waals surface area contributed by atoms with Crippen LogP contribution in [-0.2, 0) is 6.54 Å². The zero-order chi connectivity index (χ0) is 10.2. The Balaban J connectivity index is 2.26. The summed E-state index contributed by atoms with van der Waals surface area (Å²) in [6.07, 6.45) is 2.39. The van der Waals surface area contributed by atoms with E-state index in [1.54, 1.807) is 4.57 Å². The van der Waals surface area contributed by atoms with Gasteiger partial charge in [0.1, 0.15) is 0 Å². The van der Waals surface area contributed by atoms with Crippen molar-refractivity contribution in [3.63, 3.8) is 0 Å². The van der Waals surface area contributed by atoms with Crippen LogP contribution in [-0.4, -0.2) is 25.3 Å². The SMILES string of the molecule is CC1(Cn2c(=O)[nH][nH]c2=S)CCCS1. The van der Waals surface area contributed by atoms with Gasteiger partial charge in [-0.1, -0.05) is 0 Å². The fraction of sp³-hybridized carbons (Fsp3) is 0.750. The molecule has 1 fully saturated rings. The van der Waals surface area contributed by atoms with Gasteiger partial charge in [-0.2, -0.15) is 11.8 Å². The third kappa shape index (κ3) is 1.81. The molecule has 1 saturated heterocycles. The molecule has 2 N–H and O–H groups in total. The summed E-state index contributed by atoms with van der Waals surface area (Å²) in [5.74, 6) is 1.19. The van der Waals surface area contributed by atoms with Crippen molar-refractivity contribution in [1.29, 1.82) is 0 Å². The summed E-state index contributed by atoms with van der Waals surface area (Å²) in [5.41, 5.74) is -0.135. The quantitative estimate of drug-likeness (QED) is 0.759. The zero-order valence-corrected chi connectivity index (χ0v) is 9.63. The first-order valence-electron chi connectivity index (χ1n) is 4.62. The minimum Gasteiger partial charge on any atom is -0.272 e. The largest absolute Gasteiger partial charge is 0.342 e. The highest BCUT2D eigenvalue weighted by Gasteiger charge is 2.30. The summed E-state index contributed by atoms with van der Waals surface area (Å²) in [7, 11) is 0. The molecule has 0 saturated carbocycles. The predicted octanol–water partition coefficient (Wildman–Crippen LogP) is 1.52. The average Bonchev–Trinajstić information content (AvgIpc) is 2.68. The number of aromatic amines is 2. The summed E-state index contributed by atoms with van der Waals surface area (Å²) in [5, 5.41) is 5.16. The van der Waals surface area contributed by atoms with E-state index >= 15 is 0 Å². The smallest absolute Gasteiger partial charge is 0.272 e. The normalized spacial score (nSPS) is 26.9. The van der Waals surface area contributed by atoms with Crippen LogP contribution >= 0.6 is 24.0 Å². The minimum absolute atomic E-state index is 0.135. The summed E-state index contributed by atoms with van der Waals surface area (Å²) < 4.78 is 2.27. The van der Waals surface area contributed by atoms with Gasteiger partial charge in [0.05, 0.1) is 0 Å². The molecule has 0 spiro atoms. The molecule has 1 unspecified atom stereocenters. The van der Waals surface area contributed by atoms with E-state index in [1.165, 1.54) is 12.2 Å². The fourth-order valence-corrected chi connectivity index (χ4v) is 3.26. The Morgan fingerprint density at radius 2 is 2.43 bits per heavy atom. The molecular weight excluding hydrogens is 218 g/mol. The Bertz CT molecular complexity index is 397. The lowest BCUT2D eigenvalue weighted by Gasteiger charge is -2.21. The van der Waals surface area contributed by atoms with Crippen molar-refractivity contribution in [3.8, 4) is 0 Å². The highest BCUT2D eigenvalue weighted by atomic mass is 32.2. The zero-order valence-electron chi connectivity index (χ0n) is 8.00. The number of hydrogen-bond acceptors (Lipinski definition) is 3. The van der Waals surface area contributed by atoms with E-state index in [1.807, 2.05) is 11.8 Å². The van der Waals surface area contributed by atoms with Crippen molar-refractivity contribution < 1.29 is 0 Å². The van der Waals surface area contributed by atoms with Crippen molar-refractivity contribution in [3.05, 3.63) is 15.3 Å². The van der Waals surface area contributed by atoms with E-state index in [-0.39, 0.29) is 10.4 Å². The van der Waals surface area contributed by atoms with E-state index in [9.17, 15) is 4.79 Å². The Kier molecular flexibility index (Phi) is 2.57. The van der Waals surface area contributed by atoms with Crippen molar-refractivity contribution >= 4 is 24.0 Å². The molecule has 0 amide bonds. The van der Waals surface area contributed by atoms with Crippen LogP contribution in [0, 0.1) is 4.77 Å². The molecule has 0 bridgehead atoms. The van der Waals surface area contributed by atoms with Gasteiger partial charge in [-0.25, -0.2) is 9.89 Å². The standard InChI is InChI=1S/C8H13N3OS2/c1-8(3-2-4-14-8)5-11-6(12)9-10-7(11)13/h2-5H2,1H3,(H,9,12)(H,10,13). The second kappa shape index (κ2) is 3.58. The van der Waals surface area contributed by atoms with E-state index < -0.39 is 0 Å². The monoisotopic (exact) mass is 231 g/mol. The van der Waals surface area contributed by atoms with Crippen LogP contribution in [0.3, 0.4) is 0 Å². The lowest BCUT2D eigenvalue weighted by atomic mass is 10.1. The maximum absolute atomic E-state index is 11.4. The molecule has 2 rings (SSSR count). The van der Waals surface area contributed by atoms with Crippen LogP contribution in [0.15, 0.2) is 4.79 Å². The number of aromatic nitrogens is 3. The molecule has 78 valence electrons. The van der Waals surface area contributed by atoms with Crippen molar-refractivity contribution in [1.82, 2.24) is 14.8 Å². The summed E-state index contributed by atoms with van der Waals surface area (Å²) in [4.78, 5) is 11.4. The predicted molar refractivity (Wildman–Crippen MR) is 60.3 cm³/mol. The van der Waals surface area contributed by atoms with E-state index in [0.717, 1.165) is 6.42 Å². The van der Waals surface area contributed by atoms with Gasteiger partial charge in [-0.15, -0.1) is 0 Å². The molecule has 1 atom stereocenters. The van der Waals surface area contributed by atoms with E-state index in [0.29, 0.717) is 11.3 Å². The van der Waals surface area contributed by atoms with Gasteiger partial charge < -0.3 is 0 Å². The molecule has 1 aromatic rings. The molecule has 1 aliphatic rings. The molecule has 1 aromatic heterocycles. The topological polar surface area (TPSA) is 53.6 Å². The van der Waals surface area contributed by atoms with Gasteiger partial charge in [0.25, 0.3) is 0 Å². The van der Waals surface area contributed by atoms with Crippen LogP contribution in [0.4, 0.5) is 0 Å². The number of hydrogen-bond donors (Lipinski definition) is 2. The Labute approximate surface area is 91.1 Å². The molecule has 2 heterocycles. The van der Waals surface area contributed by atoms with Gasteiger partial charge >= 0.3 is 5.69 Å². The maximum atomic E-state index is 11.4. The molecule has 4 nitrogen and oxygen atoms in total. The lowest BCUT2D eigenvalue weighted by Crippen LogP contribution is -2.29. The third-order valence-corrected chi connectivity index (χ3v) is 4.41. The van der Waals surface area contributed by atoms with E-state index in [4.69, 9.17) is 12.2 Å². The minimum atomic E-state index is -0.135. The molecule has 1 aliphatic heterocycles. The first kappa shape index (κ1) is 10.0. The highest BCUT2D eigenvalue weighted by molar-refractivity contribution is 8.00. The fourth-order valence-electron chi connectivity index (χ4n) is 1.77. The molecule has 0 radical (unpaired) electrons. The Morgan fingerprint density at radius 1 is 1.64 bits per heavy atom. The maximum Gasteiger partial charge on any atom is 0.342 e. The van der Waals surface area contributed by atoms with Crippen molar-refractivity contribution in [2.45, 2.75) is 31.1 Å². The van der Waals surface area contributed by atoms with Gasteiger partial charge in [-0.3, -0.25) is 9.67 Å². The first-order chi connectivity index (χ1) is 6.61. The number of nitrogens with one attached hydrogen (secondary N) is 2. The van der Waals surface area contributed by atoms with Crippen LogP contribution in [0.2, 0.25) is 0 Å². The summed E-state index contributed by atoms with van der Waals surface area (Å²) >= 11 is 6.95. The molecule has 0 aliphatic carbocycles. The first-order valence-corrected chi connectivity index (χ1v) is 6.02. The molecular formula is C8H13N3OS2. The molecule has 0 aromatic carbocycles. The van der Waals surface area contributed by atoms with Gasteiger partial charge in [0, 0.05) is 11.3 Å². The average molecular weight is 231 g/mol. The van der Waals surface area contributed by atoms with Crippen molar-refractivity contribution in [2.75, 3.05) is 5.75 Å². The number of nitrogens with zero attached hydrogens (tertiary/aromatic N) is 1. The van der Waals surface area contributed by atoms with Gasteiger partial charge in [0.2, 0.25) is 0 Å². The van der Waals surface area contributed by atoms with Crippen molar-refractivity contribution in [2.24, 2.45) is 0 Å². The number of H-pyrrole nitrogens is 2. The molecule has 14 heavy (non-hydrogen) atoms. The highest BCUT2D eigenvalue weighted by Crippen LogP contribution is 2.38. The summed E-state index contributed by atoms with van der Waals surface area (Å²) in [6.45, 7) is 2.90. The summed E-state index contributed by atoms with van der Waals surface area (Å²) in [6, 6.07) is 0. The Morgan fingerprint density at radius 3 is 2.93 bits per heavy atom. The van der Waals surface area contributed by atoms with Crippen LogP contribution in [0.5, 0.6) is 0 Å². The number of rotatable bonds is 2. The van der Waals surface area contributed by atoms with Gasteiger partial charge in [0.15, 0.2) is 4.77 Å². The lowest BCUT2D eigenvalue weighted by molar-refractivity contribution is 0.498. The van der Waals surface area contributed by atoms with Crippen LogP contribution in [0.1, 0.15) is 19.8 Å². The Hall–Kier alpha value is -0.490. The third-order valence-electron chi connectivity index (χ3n) is 2.56. The second-order valence-corrected chi connectivity index (χ2v) is 5.92. The van der Waals surface area contributed by atoms with Crippen LogP contribution < -0.4 is 5.69 Å². The van der Waals surface area contributed by atoms with E-state index in [2.05, 4.69) is 17.1 Å². The van der Waals surface area contributed by atoms with Gasteiger partial charge in [-0.05, 0) is 37.7 Å². The van der Waals surface area contributed by atoms with Crippen LogP contribution in [0.25, 0.3) is 0 Å². The number of thioether (sulfide) groups is 1.